The van der Waals surface area contributed by atoms with Gasteiger partial charge in [0, 0.05) is 6.42 Å². The molecule has 5 N–H and O–H groups in total. The first-order chi connectivity index (χ1) is 14.4. The fourth-order valence-corrected chi connectivity index (χ4v) is 4.04. The highest BCUT2D eigenvalue weighted by atomic mass is 16.6. The first-order valence-corrected chi connectivity index (χ1v) is 11.9. The van der Waals surface area contributed by atoms with Crippen molar-refractivity contribution in [2.24, 2.45) is 0 Å². The third-order valence-electron chi connectivity index (χ3n) is 6.10. The summed E-state index contributed by atoms with van der Waals surface area (Å²) >= 11 is 0. The van der Waals surface area contributed by atoms with Gasteiger partial charge in [0.1, 0.15) is 36.6 Å². The molecular weight excluding hydrogens is 388 g/mol. The van der Waals surface area contributed by atoms with Crippen LogP contribution in [-0.4, -0.2) is 74.5 Å². The molecule has 0 saturated carbocycles. The second-order valence-electron chi connectivity index (χ2n) is 8.70. The predicted molar refractivity (Wildman–Crippen MR) is 115 cm³/mol. The van der Waals surface area contributed by atoms with Crippen molar-refractivity contribution in [3.8, 4) is 0 Å². The molecule has 1 aliphatic heterocycles. The molecule has 0 aromatic heterocycles. The standard InChI is InChI=1S/C23H44O7/c1-2-3-4-5-6-7-8-9-10-11-12-13-14-15-17(25)19(26)23-22(29)21(28)20(27)18(16-24)30-23/h18-24,26-29H,2-16H2,1H3/t18-,19?,20+,21+,22-,23?/m1/s1. The minimum absolute atomic E-state index is 0.175. The van der Waals surface area contributed by atoms with Crippen LogP contribution < -0.4 is 0 Å². The summed E-state index contributed by atoms with van der Waals surface area (Å²) < 4.78 is 5.25. The molecule has 2 unspecified atom stereocenters. The Hall–Kier alpha value is -0.570. The van der Waals surface area contributed by atoms with Gasteiger partial charge in [-0.1, -0.05) is 84.0 Å². The molecule has 0 aliphatic carbocycles. The van der Waals surface area contributed by atoms with E-state index in [1.165, 1.54) is 57.8 Å². The minimum atomic E-state index is -1.59. The summed E-state index contributed by atoms with van der Waals surface area (Å²) in [6.45, 7) is 1.65. The molecule has 0 amide bonds. The Morgan fingerprint density at radius 1 is 0.767 bits per heavy atom. The summed E-state index contributed by atoms with van der Waals surface area (Å²) in [5, 5.41) is 49.0. The fourth-order valence-electron chi connectivity index (χ4n) is 4.04. The second-order valence-corrected chi connectivity index (χ2v) is 8.70. The van der Waals surface area contributed by atoms with Crippen LogP contribution in [0, 0.1) is 0 Å². The molecule has 6 atom stereocenters. The summed E-state index contributed by atoms with van der Waals surface area (Å²) in [5.74, 6) is -0.456. The number of aliphatic hydroxyl groups excluding tert-OH is 5. The van der Waals surface area contributed by atoms with Crippen molar-refractivity contribution in [2.45, 2.75) is 133 Å². The number of carbonyl (C=O) groups is 1. The maximum absolute atomic E-state index is 12.2. The lowest BCUT2D eigenvalue weighted by Gasteiger charge is -2.41. The number of Topliss-reactive ketones (excluding diaryl/α,β-unsaturated/α-hetero) is 1. The van der Waals surface area contributed by atoms with Gasteiger partial charge in [-0.2, -0.15) is 0 Å². The third kappa shape index (κ3) is 9.71. The van der Waals surface area contributed by atoms with Crippen molar-refractivity contribution in [1.29, 1.82) is 0 Å². The molecule has 1 fully saturated rings. The summed E-state index contributed by atoms with van der Waals surface area (Å²) in [5.41, 5.74) is 0. The molecule has 1 aliphatic rings. The van der Waals surface area contributed by atoms with E-state index in [-0.39, 0.29) is 6.42 Å². The molecule has 1 rings (SSSR count). The van der Waals surface area contributed by atoms with E-state index in [0.717, 1.165) is 19.3 Å². The zero-order valence-electron chi connectivity index (χ0n) is 18.6. The number of hydrogen-bond donors (Lipinski definition) is 5. The molecule has 30 heavy (non-hydrogen) atoms. The van der Waals surface area contributed by atoms with E-state index in [1.807, 2.05) is 0 Å². The number of ether oxygens (including phenoxy) is 1. The van der Waals surface area contributed by atoms with E-state index in [0.29, 0.717) is 6.42 Å². The molecule has 0 spiro atoms. The second kappa shape index (κ2) is 16.1. The lowest BCUT2D eigenvalue weighted by molar-refractivity contribution is -0.246. The van der Waals surface area contributed by atoms with Gasteiger partial charge >= 0.3 is 0 Å². The molecule has 0 radical (unpaired) electrons. The zero-order valence-corrected chi connectivity index (χ0v) is 18.6. The number of ketones is 1. The molecular formula is C23H44O7. The van der Waals surface area contributed by atoms with Crippen LogP contribution in [0.5, 0.6) is 0 Å². The van der Waals surface area contributed by atoms with Crippen LogP contribution in [0.3, 0.4) is 0 Å². The Bertz CT molecular complexity index is 443. The monoisotopic (exact) mass is 432 g/mol. The number of carbonyl (C=O) groups excluding carboxylic acids is 1. The highest BCUT2D eigenvalue weighted by molar-refractivity contribution is 5.83. The van der Waals surface area contributed by atoms with Crippen LogP contribution in [0.15, 0.2) is 0 Å². The van der Waals surface area contributed by atoms with Crippen LogP contribution in [0.2, 0.25) is 0 Å². The average Bonchev–Trinajstić information content (AvgIpc) is 2.75. The summed E-state index contributed by atoms with van der Waals surface area (Å²) in [7, 11) is 0. The summed E-state index contributed by atoms with van der Waals surface area (Å²) in [6.07, 6.45) is 7.04. The van der Waals surface area contributed by atoms with Crippen molar-refractivity contribution < 1.29 is 35.1 Å². The Morgan fingerprint density at radius 2 is 1.23 bits per heavy atom. The fraction of sp³-hybridized carbons (Fsp3) is 0.957. The maximum atomic E-state index is 12.2. The van der Waals surface area contributed by atoms with E-state index >= 15 is 0 Å². The first kappa shape index (κ1) is 27.5. The molecule has 7 heteroatoms. The van der Waals surface area contributed by atoms with Gasteiger partial charge in [-0.15, -0.1) is 0 Å². The normalized spacial score (nSPS) is 27.9. The van der Waals surface area contributed by atoms with Crippen molar-refractivity contribution in [2.75, 3.05) is 6.61 Å². The third-order valence-corrected chi connectivity index (χ3v) is 6.10. The first-order valence-electron chi connectivity index (χ1n) is 11.9. The smallest absolute Gasteiger partial charge is 0.164 e. The quantitative estimate of drug-likeness (QED) is 0.223. The van der Waals surface area contributed by atoms with Gasteiger partial charge in [-0.3, -0.25) is 4.79 Å². The van der Waals surface area contributed by atoms with Gasteiger partial charge in [-0.05, 0) is 6.42 Å². The lowest BCUT2D eigenvalue weighted by atomic mass is 9.90. The zero-order chi connectivity index (χ0) is 22.4. The Morgan fingerprint density at radius 3 is 1.70 bits per heavy atom. The highest BCUT2D eigenvalue weighted by Crippen LogP contribution is 2.24. The Labute approximate surface area is 181 Å². The van der Waals surface area contributed by atoms with Crippen molar-refractivity contribution in [3.05, 3.63) is 0 Å². The molecule has 0 aromatic rings. The van der Waals surface area contributed by atoms with Gasteiger partial charge in [0.2, 0.25) is 0 Å². The topological polar surface area (TPSA) is 127 Å². The lowest BCUT2D eigenvalue weighted by Crippen LogP contribution is -2.62. The average molecular weight is 433 g/mol. The summed E-state index contributed by atoms with van der Waals surface area (Å²) in [4.78, 5) is 12.2. The van der Waals surface area contributed by atoms with E-state index in [9.17, 15) is 30.3 Å². The highest BCUT2D eigenvalue weighted by Gasteiger charge is 2.47. The molecule has 0 bridgehead atoms. The minimum Gasteiger partial charge on any atom is -0.394 e. The van der Waals surface area contributed by atoms with Crippen molar-refractivity contribution >= 4 is 5.78 Å². The predicted octanol–water partition coefficient (Wildman–Crippen LogP) is 2.24. The van der Waals surface area contributed by atoms with E-state index in [4.69, 9.17) is 4.74 Å². The molecule has 1 saturated heterocycles. The summed E-state index contributed by atoms with van der Waals surface area (Å²) in [6, 6.07) is 0. The van der Waals surface area contributed by atoms with Crippen LogP contribution in [0.1, 0.15) is 96.8 Å². The molecule has 0 aromatic carbocycles. The Balaban J connectivity index is 2.10. The number of hydrogen-bond acceptors (Lipinski definition) is 7. The SMILES string of the molecule is CCCCCCCCCCCCCCCC(=O)C(O)C1O[C@H](CO)[C@H](O)[C@H](O)[C@H]1O. The van der Waals surface area contributed by atoms with Crippen molar-refractivity contribution in [1.82, 2.24) is 0 Å². The van der Waals surface area contributed by atoms with Gasteiger partial charge in [0.25, 0.3) is 0 Å². The van der Waals surface area contributed by atoms with E-state index in [2.05, 4.69) is 6.92 Å². The largest absolute Gasteiger partial charge is 0.394 e. The van der Waals surface area contributed by atoms with Crippen LogP contribution in [-0.2, 0) is 9.53 Å². The van der Waals surface area contributed by atoms with Gasteiger partial charge in [-0.25, -0.2) is 0 Å². The van der Waals surface area contributed by atoms with E-state index < -0.39 is 49.0 Å². The molecule has 1 heterocycles. The number of unbranched alkanes of at least 4 members (excludes halogenated alkanes) is 12. The van der Waals surface area contributed by atoms with Gasteiger partial charge in [0.15, 0.2) is 5.78 Å². The van der Waals surface area contributed by atoms with Crippen LogP contribution in [0.25, 0.3) is 0 Å². The van der Waals surface area contributed by atoms with Gasteiger partial charge < -0.3 is 30.3 Å². The number of rotatable bonds is 17. The molecule has 7 nitrogen and oxygen atoms in total. The van der Waals surface area contributed by atoms with Crippen LogP contribution >= 0.6 is 0 Å². The number of aliphatic hydroxyl groups is 5. The Kier molecular flexibility index (Phi) is 14.8. The van der Waals surface area contributed by atoms with Crippen LogP contribution in [0.4, 0.5) is 0 Å². The van der Waals surface area contributed by atoms with Crippen molar-refractivity contribution in [3.63, 3.8) is 0 Å². The van der Waals surface area contributed by atoms with Gasteiger partial charge in [0.05, 0.1) is 6.61 Å². The maximum Gasteiger partial charge on any atom is 0.164 e. The van der Waals surface area contributed by atoms with E-state index in [1.54, 1.807) is 0 Å². The molecule has 178 valence electrons.